The van der Waals surface area contributed by atoms with Crippen LogP contribution in [0.3, 0.4) is 0 Å². The van der Waals surface area contributed by atoms with Gasteiger partial charge in [-0.2, -0.15) is 0 Å². The van der Waals surface area contributed by atoms with Crippen LogP contribution in [0.15, 0.2) is 48.3 Å². The number of aliphatic hydroxyl groups excluding tert-OH is 1. The Morgan fingerprint density at radius 1 is 1.26 bits per heavy atom. The number of carbonyl (C=O) groups excluding carboxylic acids is 1. The van der Waals surface area contributed by atoms with Crippen molar-refractivity contribution in [3.05, 3.63) is 53.8 Å². The van der Waals surface area contributed by atoms with Gasteiger partial charge in [0.2, 0.25) is 0 Å². The van der Waals surface area contributed by atoms with Gasteiger partial charge in [0, 0.05) is 19.4 Å². The first-order valence-corrected chi connectivity index (χ1v) is 10.7. The second-order valence-electron chi connectivity index (χ2n) is 8.04. The molecule has 7 heteroatoms. The zero-order valence-electron chi connectivity index (χ0n) is 18.7. The minimum Gasteiger partial charge on any atom is -0.501 e. The van der Waals surface area contributed by atoms with E-state index >= 15 is 0 Å². The van der Waals surface area contributed by atoms with Crippen molar-refractivity contribution >= 4 is 5.97 Å². The maximum absolute atomic E-state index is 12.0. The molecule has 7 nitrogen and oxygen atoms in total. The number of likely N-dealkylation sites (N-methyl/N-ethyl adjacent to an activating group) is 1. The van der Waals surface area contributed by atoms with Gasteiger partial charge in [-0.25, -0.2) is 0 Å². The SMILES string of the molecule is COC1=CC=CC(CCc2ccccc2OC[C@@H](CN(C)C)OC(=O)CCC(O)O)C1. The van der Waals surface area contributed by atoms with Crippen LogP contribution in [0.4, 0.5) is 0 Å². The molecule has 31 heavy (non-hydrogen) atoms. The minimum atomic E-state index is -1.52. The number of hydrogen-bond acceptors (Lipinski definition) is 7. The van der Waals surface area contributed by atoms with Crippen LogP contribution in [0.1, 0.15) is 31.2 Å². The van der Waals surface area contributed by atoms with E-state index in [9.17, 15) is 4.79 Å². The Bertz CT molecular complexity index is 743. The average Bonchev–Trinajstić information content (AvgIpc) is 2.75. The van der Waals surface area contributed by atoms with Gasteiger partial charge in [0.05, 0.1) is 19.3 Å². The highest BCUT2D eigenvalue weighted by Gasteiger charge is 2.19. The van der Waals surface area contributed by atoms with Crippen LogP contribution in [0.5, 0.6) is 5.75 Å². The van der Waals surface area contributed by atoms with E-state index in [1.54, 1.807) is 7.11 Å². The zero-order chi connectivity index (χ0) is 22.6. The number of para-hydroxylation sites is 1. The molecule has 1 aromatic rings. The van der Waals surface area contributed by atoms with E-state index in [4.69, 9.17) is 24.4 Å². The van der Waals surface area contributed by atoms with Gasteiger partial charge in [0.1, 0.15) is 18.5 Å². The first-order chi connectivity index (χ1) is 14.9. The fraction of sp³-hybridized carbons (Fsp3) is 0.542. The fourth-order valence-electron chi connectivity index (χ4n) is 3.46. The number of benzene rings is 1. The van der Waals surface area contributed by atoms with Gasteiger partial charge in [-0.15, -0.1) is 0 Å². The number of nitrogens with zero attached hydrogens (tertiary/aromatic N) is 1. The molecule has 0 amide bonds. The van der Waals surface area contributed by atoms with E-state index in [2.05, 4.69) is 12.1 Å². The summed E-state index contributed by atoms with van der Waals surface area (Å²) >= 11 is 0. The number of carbonyl (C=O) groups is 1. The second-order valence-corrected chi connectivity index (χ2v) is 8.04. The summed E-state index contributed by atoms with van der Waals surface area (Å²) in [6, 6.07) is 7.92. The lowest BCUT2D eigenvalue weighted by molar-refractivity contribution is -0.153. The summed E-state index contributed by atoms with van der Waals surface area (Å²) in [5, 5.41) is 17.9. The molecule has 0 spiro atoms. The summed E-state index contributed by atoms with van der Waals surface area (Å²) in [4.78, 5) is 13.9. The summed E-state index contributed by atoms with van der Waals surface area (Å²) < 4.78 is 16.9. The lowest BCUT2D eigenvalue weighted by Gasteiger charge is -2.23. The van der Waals surface area contributed by atoms with Gasteiger partial charge in [0.15, 0.2) is 6.29 Å². The molecule has 0 fully saturated rings. The molecule has 0 bridgehead atoms. The Labute approximate surface area is 184 Å². The second kappa shape index (κ2) is 13.1. The highest BCUT2D eigenvalue weighted by Crippen LogP contribution is 2.26. The van der Waals surface area contributed by atoms with Gasteiger partial charge < -0.3 is 29.3 Å². The molecule has 1 aliphatic carbocycles. The van der Waals surface area contributed by atoms with Gasteiger partial charge in [-0.3, -0.25) is 4.79 Å². The zero-order valence-corrected chi connectivity index (χ0v) is 18.7. The van der Waals surface area contributed by atoms with Crippen LogP contribution in [0.2, 0.25) is 0 Å². The van der Waals surface area contributed by atoms with Crippen molar-refractivity contribution in [3.63, 3.8) is 0 Å². The Kier molecular flexibility index (Phi) is 10.6. The Morgan fingerprint density at radius 2 is 2.03 bits per heavy atom. The van der Waals surface area contributed by atoms with E-state index in [-0.39, 0.29) is 19.4 Å². The number of esters is 1. The van der Waals surface area contributed by atoms with E-state index in [1.165, 1.54) is 0 Å². The van der Waals surface area contributed by atoms with Gasteiger partial charge in [-0.1, -0.05) is 30.4 Å². The number of ether oxygens (including phenoxy) is 3. The third kappa shape index (κ3) is 9.55. The first-order valence-electron chi connectivity index (χ1n) is 10.7. The predicted molar refractivity (Wildman–Crippen MR) is 118 cm³/mol. The van der Waals surface area contributed by atoms with Crippen molar-refractivity contribution in [1.29, 1.82) is 0 Å². The molecular formula is C24H35NO6. The number of hydrogen-bond donors (Lipinski definition) is 2. The van der Waals surface area contributed by atoms with Crippen molar-refractivity contribution in [2.24, 2.45) is 5.92 Å². The monoisotopic (exact) mass is 433 g/mol. The Hall–Kier alpha value is -2.35. The van der Waals surface area contributed by atoms with Crippen molar-refractivity contribution in [2.45, 2.75) is 44.5 Å². The highest BCUT2D eigenvalue weighted by atomic mass is 16.6. The summed E-state index contributed by atoms with van der Waals surface area (Å²) in [6.45, 7) is 0.733. The van der Waals surface area contributed by atoms with Crippen molar-refractivity contribution in [2.75, 3.05) is 34.4 Å². The molecule has 1 unspecified atom stereocenters. The standard InChI is InChI=1S/C24H35NO6/c1-25(2)16-21(31-24(28)14-13-23(26)27)17-30-22-10-5-4-8-19(22)12-11-18-7-6-9-20(15-18)29-3/h4-10,18,21,23,26-27H,11-17H2,1-3H3/t18?,21-/m1/s1. The number of allylic oxidation sites excluding steroid dienone is 4. The quantitative estimate of drug-likeness (QED) is 0.365. The number of aliphatic hydroxyl groups is 2. The molecule has 0 saturated carbocycles. The third-order valence-electron chi connectivity index (χ3n) is 5.05. The highest BCUT2D eigenvalue weighted by molar-refractivity contribution is 5.69. The van der Waals surface area contributed by atoms with Crippen molar-refractivity contribution < 1.29 is 29.2 Å². The lowest BCUT2D eigenvalue weighted by atomic mass is 9.92. The molecule has 2 N–H and O–H groups in total. The van der Waals surface area contributed by atoms with Crippen LogP contribution >= 0.6 is 0 Å². The molecule has 1 aromatic carbocycles. The van der Waals surface area contributed by atoms with Crippen LogP contribution < -0.4 is 4.74 Å². The van der Waals surface area contributed by atoms with Gasteiger partial charge >= 0.3 is 5.97 Å². The minimum absolute atomic E-state index is 0.0488. The maximum Gasteiger partial charge on any atom is 0.306 e. The van der Waals surface area contributed by atoms with E-state index in [0.717, 1.165) is 36.3 Å². The molecule has 2 atom stereocenters. The van der Waals surface area contributed by atoms with Gasteiger partial charge in [0.25, 0.3) is 0 Å². The first kappa shape index (κ1) is 24.9. The fourth-order valence-corrected chi connectivity index (χ4v) is 3.46. The van der Waals surface area contributed by atoms with E-state index in [1.807, 2.05) is 49.3 Å². The summed E-state index contributed by atoms with van der Waals surface area (Å²) in [5.41, 5.74) is 1.11. The van der Waals surface area contributed by atoms with Crippen LogP contribution in [-0.2, 0) is 20.7 Å². The number of rotatable bonds is 13. The van der Waals surface area contributed by atoms with Crippen LogP contribution in [0.25, 0.3) is 0 Å². The third-order valence-corrected chi connectivity index (χ3v) is 5.05. The molecule has 0 aromatic heterocycles. The van der Waals surface area contributed by atoms with Crippen molar-refractivity contribution in [1.82, 2.24) is 4.90 Å². The molecule has 2 rings (SSSR count). The average molecular weight is 434 g/mol. The molecule has 0 aliphatic heterocycles. The van der Waals surface area contributed by atoms with Crippen molar-refractivity contribution in [3.8, 4) is 5.75 Å². The molecule has 0 heterocycles. The lowest BCUT2D eigenvalue weighted by Crippen LogP contribution is -2.35. The summed E-state index contributed by atoms with van der Waals surface area (Å²) in [7, 11) is 5.49. The molecule has 0 saturated heterocycles. The van der Waals surface area contributed by atoms with E-state index < -0.39 is 18.4 Å². The molecular weight excluding hydrogens is 398 g/mol. The van der Waals surface area contributed by atoms with Crippen LogP contribution in [0, 0.1) is 5.92 Å². The largest absolute Gasteiger partial charge is 0.501 e. The Morgan fingerprint density at radius 3 is 2.74 bits per heavy atom. The Balaban J connectivity index is 1.92. The summed E-state index contributed by atoms with van der Waals surface area (Å²) in [6.07, 6.45) is 6.94. The topological polar surface area (TPSA) is 88.5 Å². The summed E-state index contributed by atoms with van der Waals surface area (Å²) in [5.74, 6) is 1.75. The predicted octanol–water partition coefficient (Wildman–Crippen LogP) is 2.67. The van der Waals surface area contributed by atoms with Gasteiger partial charge in [-0.05, 0) is 50.6 Å². The van der Waals surface area contributed by atoms with Crippen LogP contribution in [-0.4, -0.2) is 67.8 Å². The molecule has 1 aliphatic rings. The maximum atomic E-state index is 12.0. The molecule has 172 valence electrons. The smallest absolute Gasteiger partial charge is 0.306 e. The molecule has 0 radical (unpaired) electrons. The number of methoxy groups -OCH3 is 1. The normalized spacial score (nSPS) is 16.9. The number of aryl methyl sites for hydroxylation is 1. The van der Waals surface area contributed by atoms with E-state index in [0.29, 0.717) is 12.5 Å².